The Kier molecular flexibility index (Phi) is 36.1. The van der Waals surface area contributed by atoms with Crippen LogP contribution in [-0.2, 0) is 9.47 Å². The van der Waals surface area contributed by atoms with Crippen molar-refractivity contribution in [3.8, 4) is 0 Å². The summed E-state index contributed by atoms with van der Waals surface area (Å²) in [4.78, 5) is 0. The van der Waals surface area contributed by atoms with Gasteiger partial charge in [-0.2, -0.15) is 0 Å². The molecule has 3 atom stereocenters. The zero-order valence-electron chi connectivity index (χ0n) is 12.8. The molecule has 0 saturated carbocycles. The first-order valence-corrected chi connectivity index (χ1v) is 6.08. The maximum atomic E-state index is 8.92. The molecule has 2 N–H and O–H groups in total. The molecule has 0 aliphatic carbocycles. The zero-order valence-corrected chi connectivity index (χ0v) is 12.8. The maximum absolute atomic E-state index is 8.92. The van der Waals surface area contributed by atoms with E-state index in [4.69, 9.17) is 19.7 Å². The summed E-state index contributed by atoms with van der Waals surface area (Å²) in [6.45, 7) is 24.1. The molecule has 0 aliphatic heterocycles. The first-order valence-electron chi connectivity index (χ1n) is 6.08. The van der Waals surface area contributed by atoms with Crippen molar-refractivity contribution in [3.63, 3.8) is 0 Å². The van der Waals surface area contributed by atoms with Crippen LogP contribution in [0.5, 0.6) is 0 Å². The lowest BCUT2D eigenvalue weighted by Crippen LogP contribution is -2.24. The average molecular weight is 276 g/mol. The molecule has 0 aromatic carbocycles. The Morgan fingerprint density at radius 3 is 1.47 bits per heavy atom. The molecule has 0 aromatic heterocycles. The van der Waals surface area contributed by atoms with Crippen molar-refractivity contribution in [2.75, 3.05) is 19.8 Å². The summed E-state index contributed by atoms with van der Waals surface area (Å²) in [6.07, 6.45) is -0.654. The molecular formula is C15H32O4. The Hall–Kier alpha value is -0.940. The Morgan fingerprint density at radius 2 is 1.16 bits per heavy atom. The molecule has 0 rings (SSSR count). The highest BCUT2D eigenvalue weighted by molar-refractivity contribution is 4.52. The van der Waals surface area contributed by atoms with Gasteiger partial charge in [-0.25, -0.2) is 0 Å². The Bertz CT molecular complexity index is 146. The summed E-state index contributed by atoms with van der Waals surface area (Å²) >= 11 is 0. The normalized spacial score (nSPS) is 13.1. The summed E-state index contributed by atoms with van der Waals surface area (Å²) in [5.74, 6) is 0. The number of aliphatic hydroxyl groups excluding tert-OH is 2. The molecule has 4 heteroatoms. The van der Waals surface area contributed by atoms with E-state index in [0.717, 1.165) is 0 Å². The van der Waals surface area contributed by atoms with Crippen molar-refractivity contribution in [3.05, 3.63) is 39.5 Å². The number of ether oxygens (including phenoxy) is 2. The van der Waals surface area contributed by atoms with E-state index in [9.17, 15) is 0 Å². The van der Waals surface area contributed by atoms with E-state index in [1.165, 1.54) is 0 Å². The van der Waals surface area contributed by atoms with Gasteiger partial charge in [0.25, 0.3) is 0 Å². The molecule has 19 heavy (non-hydrogen) atoms. The van der Waals surface area contributed by atoms with Gasteiger partial charge in [-0.15, -0.1) is 39.5 Å². The van der Waals surface area contributed by atoms with Gasteiger partial charge in [0, 0.05) is 0 Å². The number of hydrogen-bond acceptors (Lipinski definition) is 4. The molecule has 116 valence electrons. The minimum Gasteiger partial charge on any atom is -0.394 e. The van der Waals surface area contributed by atoms with Crippen LogP contribution in [0.1, 0.15) is 20.8 Å². The molecule has 0 spiro atoms. The SMILES string of the molecule is C=C.C=C.C=C.CC(O)COC(C)COC(C)CO. The summed E-state index contributed by atoms with van der Waals surface area (Å²) in [5.41, 5.74) is 0. The molecule has 0 saturated heterocycles. The summed E-state index contributed by atoms with van der Waals surface area (Å²) in [5, 5.41) is 17.6. The topological polar surface area (TPSA) is 58.9 Å². The number of hydrogen-bond donors (Lipinski definition) is 2. The lowest BCUT2D eigenvalue weighted by Gasteiger charge is -2.16. The molecule has 3 unspecified atom stereocenters. The molecule has 0 heterocycles. The molecule has 0 bridgehead atoms. The largest absolute Gasteiger partial charge is 0.394 e. The van der Waals surface area contributed by atoms with Gasteiger partial charge in [0.2, 0.25) is 0 Å². The molecule has 0 aromatic rings. The minimum absolute atomic E-state index is 0.0170. The minimum atomic E-state index is -0.447. The highest BCUT2D eigenvalue weighted by Crippen LogP contribution is 1.97. The summed E-state index contributed by atoms with van der Waals surface area (Å²) in [7, 11) is 0. The van der Waals surface area contributed by atoms with Crippen molar-refractivity contribution in [2.24, 2.45) is 0 Å². The van der Waals surface area contributed by atoms with Crippen LogP contribution >= 0.6 is 0 Å². The van der Waals surface area contributed by atoms with E-state index in [2.05, 4.69) is 39.5 Å². The Morgan fingerprint density at radius 1 is 0.789 bits per heavy atom. The van der Waals surface area contributed by atoms with Crippen LogP contribution in [-0.4, -0.2) is 48.3 Å². The third kappa shape index (κ3) is 31.6. The van der Waals surface area contributed by atoms with Crippen molar-refractivity contribution in [1.82, 2.24) is 0 Å². The highest BCUT2D eigenvalue weighted by Gasteiger charge is 2.06. The van der Waals surface area contributed by atoms with Gasteiger partial charge in [-0.05, 0) is 20.8 Å². The van der Waals surface area contributed by atoms with Crippen molar-refractivity contribution in [1.29, 1.82) is 0 Å². The van der Waals surface area contributed by atoms with Crippen LogP contribution in [0.3, 0.4) is 0 Å². The maximum Gasteiger partial charge on any atom is 0.0781 e. The van der Waals surface area contributed by atoms with E-state index in [-0.39, 0.29) is 18.8 Å². The van der Waals surface area contributed by atoms with Crippen LogP contribution in [0.15, 0.2) is 39.5 Å². The molecule has 0 amide bonds. The van der Waals surface area contributed by atoms with E-state index < -0.39 is 6.10 Å². The fourth-order valence-corrected chi connectivity index (χ4v) is 0.704. The molecule has 0 fully saturated rings. The van der Waals surface area contributed by atoms with E-state index in [1.54, 1.807) is 13.8 Å². The average Bonchev–Trinajstić information content (AvgIpc) is 2.48. The highest BCUT2D eigenvalue weighted by atomic mass is 16.5. The predicted octanol–water partition coefficient (Wildman–Crippen LogP) is 2.58. The van der Waals surface area contributed by atoms with Crippen LogP contribution < -0.4 is 0 Å². The van der Waals surface area contributed by atoms with Crippen molar-refractivity contribution >= 4 is 0 Å². The van der Waals surface area contributed by atoms with Gasteiger partial charge in [0.15, 0.2) is 0 Å². The van der Waals surface area contributed by atoms with Crippen molar-refractivity contribution in [2.45, 2.75) is 39.1 Å². The standard InChI is InChI=1S/C9H20O4.3C2H4/c1-7(11)5-12-9(3)6-13-8(2)4-10;3*1-2/h7-11H,4-6H2,1-3H3;3*1-2H2. The second-order valence-corrected chi connectivity index (χ2v) is 3.32. The van der Waals surface area contributed by atoms with Gasteiger partial charge >= 0.3 is 0 Å². The molecular weight excluding hydrogens is 244 g/mol. The Labute approximate surface area is 119 Å². The Balaban J connectivity index is -0.000000163. The third-order valence-corrected chi connectivity index (χ3v) is 1.49. The van der Waals surface area contributed by atoms with E-state index >= 15 is 0 Å². The van der Waals surface area contributed by atoms with Crippen LogP contribution in [0.2, 0.25) is 0 Å². The van der Waals surface area contributed by atoms with Gasteiger partial charge in [-0.1, -0.05) is 0 Å². The first-order chi connectivity index (χ1) is 9.06. The van der Waals surface area contributed by atoms with Crippen LogP contribution in [0.25, 0.3) is 0 Å². The quantitative estimate of drug-likeness (QED) is 0.702. The fraction of sp³-hybridized carbons (Fsp3) is 0.600. The number of aliphatic hydroxyl groups is 2. The van der Waals surface area contributed by atoms with Gasteiger partial charge in [0.1, 0.15) is 0 Å². The van der Waals surface area contributed by atoms with E-state index in [0.29, 0.717) is 13.2 Å². The molecule has 0 aliphatic rings. The monoisotopic (exact) mass is 276 g/mol. The lowest BCUT2D eigenvalue weighted by atomic mass is 10.4. The zero-order chi connectivity index (χ0) is 16.3. The third-order valence-electron chi connectivity index (χ3n) is 1.49. The smallest absolute Gasteiger partial charge is 0.0781 e. The summed E-state index contributed by atoms with van der Waals surface area (Å²) in [6, 6.07) is 0. The lowest BCUT2D eigenvalue weighted by molar-refractivity contribution is -0.0620. The summed E-state index contributed by atoms with van der Waals surface area (Å²) < 4.78 is 10.5. The van der Waals surface area contributed by atoms with Gasteiger partial charge in [-0.3, -0.25) is 0 Å². The second-order valence-electron chi connectivity index (χ2n) is 3.32. The van der Waals surface area contributed by atoms with Crippen LogP contribution in [0.4, 0.5) is 0 Å². The predicted molar refractivity (Wildman–Crippen MR) is 83.4 cm³/mol. The molecule has 4 nitrogen and oxygen atoms in total. The second kappa shape index (κ2) is 25.8. The van der Waals surface area contributed by atoms with E-state index in [1.807, 2.05) is 6.92 Å². The van der Waals surface area contributed by atoms with Crippen molar-refractivity contribution < 1.29 is 19.7 Å². The van der Waals surface area contributed by atoms with Gasteiger partial charge < -0.3 is 19.7 Å². The van der Waals surface area contributed by atoms with Crippen LogP contribution in [0, 0.1) is 0 Å². The molecule has 0 radical (unpaired) electrons. The first kappa shape index (κ1) is 26.6. The number of rotatable bonds is 7. The van der Waals surface area contributed by atoms with Gasteiger partial charge in [0.05, 0.1) is 38.1 Å². The fourth-order valence-electron chi connectivity index (χ4n) is 0.704.